The minimum absolute atomic E-state index is 0.0490. The van der Waals surface area contributed by atoms with Crippen molar-refractivity contribution >= 4 is 27.6 Å². The summed E-state index contributed by atoms with van der Waals surface area (Å²) >= 11 is 5.77. The molecule has 106 valence electrons. The van der Waals surface area contributed by atoms with Crippen LogP contribution in [-0.2, 0) is 14.8 Å². The fourth-order valence-corrected chi connectivity index (χ4v) is 3.06. The minimum Gasteiger partial charge on any atom is -0.481 e. The molecule has 0 fully saturated rings. The molecule has 1 aromatic carbocycles. The number of aliphatic hydroxyl groups is 1. The van der Waals surface area contributed by atoms with Crippen molar-refractivity contribution in [2.24, 2.45) is 0 Å². The molecule has 0 radical (unpaired) electrons. The van der Waals surface area contributed by atoms with Gasteiger partial charge < -0.3 is 10.2 Å². The third-order valence-corrected chi connectivity index (χ3v) is 4.20. The van der Waals surface area contributed by atoms with Crippen LogP contribution in [0.3, 0.4) is 0 Å². The highest BCUT2D eigenvalue weighted by Gasteiger charge is 2.27. The van der Waals surface area contributed by atoms with Crippen LogP contribution in [-0.4, -0.2) is 36.7 Å². The lowest BCUT2D eigenvalue weighted by Crippen LogP contribution is -2.42. The van der Waals surface area contributed by atoms with Gasteiger partial charge in [0.15, 0.2) is 0 Å². The van der Waals surface area contributed by atoms with E-state index in [-0.39, 0.29) is 9.92 Å². The summed E-state index contributed by atoms with van der Waals surface area (Å²) < 4.78 is 26.0. The van der Waals surface area contributed by atoms with Crippen LogP contribution in [0.5, 0.6) is 0 Å². The molecule has 0 spiro atoms. The molecule has 0 heterocycles. The van der Waals surface area contributed by atoms with Gasteiger partial charge in [0, 0.05) is 6.54 Å². The zero-order chi connectivity index (χ0) is 14.7. The number of carboxylic acids is 1. The van der Waals surface area contributed by atoms with Crippen molar-refractivity contribution in [2.45, 2.75) is 23.8 Å². The predicted molar refractivity (Wildman–Crippen MR) is 69.5 cm³/mol. The number of halogens is 1. The smallest absolute Gasteiger partial charge is 0.306 e. The lowest BCUT2D eigenvalue weighted by molar-refractivity contribution is -0.141. The van der Waals surface area contributed by atoms with Crippen LogP contribution in [0.2, 0.25) is 5.02 Å². The Bertz CT molecular complexity index is 570. The summed E-state index contributed by atoms with van der Waals surface area (Å²) in [5, 5.41) is 18.4. The highest BCUT2D eigenvalue weighted by atomic mass is 35.5. The summed E-state index contributed by atoms with van der Waals surface area (Å²) in [4.78, 5) is 10.4. The number of rotatable bonds is 6. The largest absolute Gasteiger partial charge is 0.481 e. The Morgan fingerprint density at radius 1 is 1.42 bits per heavy atom. The van der Waals surface area contributed by atoms with Crippen molar-refractivity contribution in [1.82, 2.24) is 4.72 Å². The molecule has 0 aromatic heterocycles. The van der Waals surface area contributed by atoms with Crippen molar-refractivity contribution in [3.8, 4) is 0 Å². The molecule has 1 atom stereocenters. The Morgan fingerprint density at radius 2 is 2.00 bits per heavy atom. The summed E-state index contributed by atoms with van der Waals surface area (Å²) in [5.74, 6) is -1.22. The molecule has 0 saturated heterocycles. The van der Waals surface area contributed by atoms with Gasteiger partial charge in [-0.05, 0) is 19.1 Å². The third-order valence-electron chi connectivity index (χ3n) is 2.30. The van der Waals surface area contributed by atoms with Crippen molar-refractivity contribution < 1.29 is 23.4 Å². The second kappa shape index (κ2) is 5.87. The second-order valence-corrected chi connectivity index (χ2v) is 6.47. The number of aliphatic carboxylic acids is 1. The van der Waals surface area contributed by atoms with Crippen LogP contribution in [0.4, 0.5) is 0 Å². The van der Waals surface area contributed by atoms with Gasteiger partial charge in [-0.2, -0.15) is 0 Å². The molecule has 1 rings (SSSR count). The predicted octanol–water partition coefficient (Wildman–Crippen LogP) is 0.844. The summed E-state index contributed by atoms with van der Waals surface area (Å²) in [6, 6.07) is 5.83. The zero-order valence-corrected chi connectivity index (χ0v) is 11.7. The number of benzene rings is 1. The Hall–Kier alpha value is -1.15. The molecule has 8 heteroatoms. The van der Waals surface area contributed by atoms with E-state index in [0.717, 1.165) is 0 Å². The van der Waals surface area contributed by atoms with Crippen molar-refractivity contribution in [3.05, 3.63) is 29.3 Å². The van der Waals surface area contributed by atoms with Gasteiger partial charge in [0.25, 0.3) is 0 Å². The Balaban J connectivity index is 2.82. The summed E-state index contributed by atoms with van der Waals surface area (Å²) in [6.07, 6.45) is -0.571. The summed E-state index contributed by atoms with van der Waals surface area (Å²) in [7, 11) is -3.89. The highest BCUT2D eigenvalue weighted by molar-refractivity contribution is 7.89. The van der Waals surface area contributed by atoms with Gasteiger partial charge in [-0.3, -0.25) is 4.79 Å². The van der Waals surface area contributed by atoms with E-state index >= 15 is 0 Å². The first-order valence-corrected chi connectivity index (χ1v) is 7.18. The number of hydrogen-bond acceptors (Lipinski definition) is 4. The molecule has 1 unspecified atom stereocenters. The van der Waals surface area contributed by atoms with Crippen LogP contribution < -0.4 is 4.72 Å². The average Bonchev–Trinajstić information content (AvgIpc) is 2.25. The monoisotopic (exact) mass is 307 g/mol. The molecule has 0 amide bonds. The van der Waals surface area contributed by atoms with Gasteiger partial charge in [-0.25, -0.2) is 13.1 Å². The maximum absolute atomic E-state index is 11.9. The molecular weight excluding hydrogens is 294 g/mol. The van der Waals surface area contributed by atoms with E-state index in [1.807, 2.05) is 0 Å². The van der Waals surface area contributed by atoms with Crippen LogP contribution in [0.25, 0.3) is 0 Å². The molecule has 0 aliphatic rings. The van der Waals surface area contributed by atoms with E-state index in [9.17, 15) is 18.3 Å². The maximum Gasteiger partial charge on any atom is 0.306 e. The van der Waals surface area contributed by atoms with E-state index in [0.29, 0.717) is 0 Å². The molecule has 0 saturated carbocycles. The first kappa shape index (κ1) is 15.9. The number of hydrogen-bond donors (Lipinski definition) is 3. The van der Waals surface area contributed by atoms with Crippen LogP contribution in [0.15, 0.2) is 29.2 Å². The average molecular weight is 308 g/mol. The van der Waals surface area contributed by atoms with Crippen LogP contribution >= 0.6 is 11.6 Å². The normalized spacial score (nSPS) is 14.9. The number of carbonyl (C=O) groups is 1. The molecular formula is C11H14ClNO5S. The Morgan fingerprint density at radius 3 is 2.53 bits per heavy atom. The van der Waals surface area contributed by atoms with E-state index < -0.39 is 34.6 Å². The fraction of sp³-hybridized carbons (Fsp3) is 0.364. The minimum atomic E-state index is -3.89. The quantitative estimate of drug-likeness (QED) is 0.722. The molecule has 1 aromatic rings. The molecule has 3 N–H and O–H groups in total. The third kappa shape index (κ3) is 4.79. The van der Waals surface area contributed by atoms with Gasteiger partial charge in [0.2, 0.25) is 10.0 Å². The number of sulfonamides is 1. The van der Waals surface area contributed by atoms with Crippen molar-refractivity contribution in [1.29, 1.82) is 0 Å². The molecule has 6 nitrogen and oxygen atoms in total. The van der Waals surface area contributed by atoms with E-state index in [4.69, 9.17) is 16.7 Å². The Kier molecular flexibility index (Phi) is 4.92. The summed E-state index contributed by atoms with van der Waals surface area (Å²) in [6.45, 7) is 0.809. The van der Waals surface area contributed by atoms with Gasteiger partial charge in [-0.1, -0.05) is 23.7 Å². The van der Waals surface area contributed by atoms with E-state index in [1.54, 1.807) is 6.07 Å². The molecule has 0 bridgehead atoms. The first-order valence-electron chi connectivity index (χ1n) is 5.32. The lowest BCUT2D eigenvalue weighted by atomic mass is 10.0. The van der Waals surface area contributed by atoms with Gasteiger partial charge in [0.1, 0.15) is 4.90 Å². The van der Waals surface area contributed by atoms with Crippen molar-refractivity contribution in [3.63, 3.8) is 0 Å². The van der Waals surface area contributed by atoms with Gasteiger partial charge in [0.05, 0.1) is 17.0 Å². The molecule has 19 heavy (non-hydrogen) atoms. The van der Waals surface area contributed by atoms with Crippen LogP contribution in [0.1, 0.15) is 13.3 Å². The summed E-state index contributed by atoms with van der Waals surface area (Å²) in [5.41, 5.74) is -1.68. The van der Waals surface area contributed by atoms with Crippen molar-refractivity contribution in [2.75, 3.05) is 6.54 Å². The topological polar surface area (TPSA) is 104 Å². The maximum atomic E-state index is 11.9. The highest BCUT2D eigenvalue weighted by Crippen LogP contribution is 2.20. The standard InChI is InChI=1S/C11H14ClNO5S/c1-11(16,6-10(14)15)7-13-19(17,18)9-5-3-2-4-8(9)12/h2-5,13,16H,6-7H2,1H3,(H,14,15). The fourth-order valence-electron chi connectivity index (χ4n) is 1.38. The number of nitrogens with one attached hydrogen (secondary N) is 1. The van der Waals surface area contributed by atoms with Crippen LogP contribution in [0, 0.1) is 0 Å². The molecule has 0 aliphatic heterocycles. The van der Waals surface area contributed by atoms with Gasteiger partial charge >= 0.3 is 5.97 Å². The first-order chi connectivity index (χ1) is 8.64. The van der Waals surface area contributed by atoms with E-state index in [1.165, 1.54) is 25.1 Å². The SMILES string of the molecule is CC(O)(CNS(=O)(=O)c1ccccc1Cl)CC(=O)O. The number of carboxylic acid groups (broad SMARTS) is 1. The zero-order valence-electron chi connectivity index (χ0n) is 10.1. The molecule has 0 aliphatic carbocycles. The Labute approximate surface area is 116 Å². The second-order valence-electron chi connectivity index (χ2n) is 4.32. The lowest BCUT2D eigenvalue weighted by Gasteiger charge is -2.21. The van der Waals surface area contributed by atoms with E-state index in [2.05, 4.69) is 4.72 Å². The van der Waals surface area contributed by atoms with Gasteiger partial charge in [-0.15, -0.1) is 0 Å².